The van der Waals surface area contributed by atoms with E-state index in [4.69, 9.17) is 4.98 Å². The molecule has 154 valence electrons. The number of hydrogen-bond donors (Lipinski definition) is 1. The molecule has 0 spiro atoms. The average molecular weight is 411 g/mol. The molecular weight excluding hydrogens is 380 g/mol. The van der Waals surface area contributed by atoms with Crippen LogP contribution >= 0.6 is 11.3 Å². The fourth-order valence-corrected chi connectivity index (χ4v) is 4.97. The van der Waals surface area contributed by atoms with Crippen LogP contribution < -0.4 is 5.32 Å². The Hall–Kier alpha value is -2.34. The maximum absolute atomic E-state index is 12.9. The van der Waals surface area contributed by atoms with E-state index in [2.05, 4.69) is 56.6 Å². The molecule has 0 radical (unpaired) electrons. The number of piperidine rings is 1. The lowest BCUT2D eigenvalue weighted by Gasteiger charge is -2.32. The summed E-state index contributed by atoms with van der Waals surface area (Å²) in [5.41, 5.74) is 3.25. The monoisotopic (exact) mass is 410 g/mol. The van der Waals surface area contributed by atoms with Crippen LogP contribution in [0.3, 0.4) is 0 Å². The Morgan fingerprint density at radius 3 is 2.55 bits per heavy atom. The molecule has 29 heavy (non-hydrogen) atoms. The van der Waals surface area contributed by atoms with E-state index in [1.165, 1.54) is 10.4 Å². The van der Waals surface area contributed by atoms with Gasteiger partial charge in [-0.25, -0.2) is 4.98 Å². The standard InChI is InChI=1S/C23H30N4OS/c1-15-14-18(29-16(15)2)22(28)26-12-9-17(10-13-26)20-21(25-23(3,4)5)27-11-7-6-8-19(27)24-20/h6-8,11,14,17,25H,9-10,12-13H2,1-5H3. The number of aryl methyl sites for hydroxylation is 2. The van der Waals surface area contributed by atoms with Gasteiger partial charge in [0.2, 0.25) is 0 Å². The molecule has 0 aromatic carbocycles. The molecule has 3 aromatic rings. The van der Waals surface area contributed by atoms with Crippen molar-refractivity contribution in [2.75, 3.05) is 18.4 Å². The van der Waals surface area contributed by atoms with Crippen LogP contribution in [0.2, 0.25) is 0 Å². The number of thiophene rings is 1. The van der Waals surface area contributed by atoms with Crippen LogP contribution in [0.15, 0.2) is 30.5 Å². The van der Waals surface area contributed by atoms with E-state index in [0.717, 1.165) is 48.0 Å². The summed E-state index contributed by atoms with van der Waals surface area (Å²) >= 11 is 1.61. The first kappa shape index (κ1) is 20.0. The summed E-state index contributed by atoms with van der Waals surface area (Å²) in [6, 6.07) is 8.15. The van der Waals surface area contributed by atoms with Gasteiger partial charge in [0, 0.05) is 35.6 Å². The lowest BCUT2D eigenvalue weighted by atomic mass is 9.93. The number of aromatic nitrogens is 2. The van der Waals surface area contributed by atoms with Crippen molar-refractivity contribution in [3.05, 3.63) is 51.5 Å². The smallest absolute Gasteiger partial charge is 0.263 e. The Labute approximate surface area is 176 Å². The summed E-state index contributed by atoms with van der Waals surface area (Å²) in [5, 5.41) is 3.66. The number of rotatable bonds is 3. The number of nitrogens with zero attached hydrogens (tertiary/aromatic N) is 3. The van der Waals surface area contributed by atoms with Crippen molar-refractivity contribution >= 4 is 28.7 Å². The van der Waals surface area contributed by atoms with Crippen molar-refractivity contribution in [2.45, 2.75) is 58.9 Å². The largest absolute Gasteiger partial charge is 0.365 e. The normalized spacial score (nSPS) is 15.8. The molecule has 0 unspecified atom stereocenters. The Bertz CT molecular complexity index is 1020. The summed E-state index contributed by atoms with van der Waals surface area (Å²) in [4.78, 5) is 22.0. The summed E-state index contributed by atoms with van der Waals surface area (Å²) in [6.45, 7) is 12.2. The van der Waals surface area contributed by atoms with Gasteiger partial charge in [0.15, 0.2) is 0 Å². The van der Waals surface area contributed by atoms with Crippen molar-refractivity contribution in [2.24, 2.45) is 0 Å². The molecule has 0 saturated carbocycles. The second-order valence-electron chi connectivity index (χ2n) is 9.07. The van der Waals surface area contributed by atoms with Crippen LogP contribution in [0.5, 0.6) is 0 Å². The fraction of sp³-hybridized carbons (Fsp3) is 0.478. The topological polar surface area (TPSA) is 49.6 Å². The minimum atomic E-state index is -0.0495. The second kappa shape index (κ2) is 7.48. The van der Waals surface area contributed by atoms with Crippen LogP contribution in [0, 0.1) is 13.8 Å². The Kier molecular flexibility index (Phi) is 5.15. The van der Waals surface area contributed by atoms with Crippen LogP contribution in [0.4, 0.5) is 5.82 Å². The van der Waals surface area contributed by atoms with Crippen molar-refractivity contribution in [3.63, 3.8) is 0 Å². The molecule has 5 nitrogen and oxygen atoms in total. The summed E-state index contributed by atoms with van der Waals surface area (Å²) in [6.07, 6.45) is 3.95. The maximum atomic E-state index is 12.9. The highest BCUT2D eigenvalue weighted by molar-refractivity contribution is 7.14. The van der Waals surface area contributed by atoms with Crippen LogP contribution in [0.1, 0.15) is 65.3 Å². The third kappa shape index (κ3) is 4.04. The van der Waals surface area contributed by atoms with Crippen LogP contribution in [0.25, 0.3) is 5.65 Å². The molecule has 1 aliphatic heterocycles. The van der Waals surface area contributed by atoms with Gasteiger partial charge in [0.1, 0.15) is 11.5 Å². The number of imidazole rings is 1. The van der Waals surface area contributed by atoms with Gasteiger partial charge in [-0.1, -0.05) is 6.07 Å². The summed E-state index contributed by atoms with van der Waals surface area (Å²) < 4.78 is 2.15. The van der Waals surface area contributed by atoms with Gasteiger partial charge in [-0.15, -0.1) is 11.3 Å². The third-order valence-electron chi connectivity index (χ3n) is 5.60. The lowest BCUT2D eigenvalue weighted by Crippen LogP contribution is -2.38. The highest BCUT2D eigenvalue weighted by Gasteiger charge is 2.30. The van der Waals surface area contributed by atoms with E-state index in [0.29, 0.717) is 5.92 Å². The Morgan fingerprint density at radius 1 is 1.21 bits per heavy atom. The zero-order chi connectivity index (χ0) is 20.8. The number of hydrogen-bond acceptors (Lipinski definition) is 4. The number of likely N-dealkylation sites (tertiary alicyclic amines) is 1. The number of fused-ring (bicyclic) bond motifs is 1. The van der Waals surface area contributed by atoms with Gasteiger partial charge in [-0.2, -0.15) is 0 Å². The molecule has 6 heteroatoms. The first-order valence-corrected chi connectivity index (χ1v) is 11.2. The average Bonchev–Trinajstić information content (AvgIpc) is 3.20. The molecule has 0 aliphatic carbocycles. The molecule has 1 amide bonds. The van der Waals surface area contributed by atoms with E-state index < -0.39 is 0 Å². The van der Waals surface area contributed by atoms with Gasteiger partial charge < -0.3 is 10.2 Å². The van der Waals surface area contributed by atoms with E-state index in [1.807, 2.05) is 23.1 Å². The molecule has 1 saturated heterocycles. The number of pyridine rings is 1. The molecule has 0 atom stereocenters. The van der Waals surface area contributed by atoms with Gasteiger partial charge in [-0.05, 0) is 71.2 Å². The van der Waals surface area contributed by atoms with Crippen LogP contribution in [-0.4, -0.2) is 38.8 Å². The summed E-state index contributed by atoms with van der Waals surface area (Å²) in [7, 11) is 0. The Balaban J connectivity index is 1.54. The molecule has 4 rings (SSSR count). The molecule has 1 aliphatic rings. The van der Waals surface area contributed by atoms with E-state index in [9.17, 15) is 4.79 Å². The number of anilines is 1. The minimum absolute atomic E-state index is 0.0495. The highest BCUT2D eigenvalue weighted by Crippen LogP contribution is 2.35. The second-order valence-corrected chi connectivity index (χ2v) is 10.3. The van der Waals surface area contributed by atoms with E-state index >= 15 is 0 Å². The summed E-state index contributed by atoms with van der Waals surface area (Å²) in [5.74, 6) is 1.62. The molecule has 3 aromatic heterocycles. The zero-order valence-electron chi connectivity index (χ0n) is 18.0. The molecule has 0 bridgehead atoms. The predicted molar refractivity (Wildman–Crippen MR) is 120 cm³/mol. The van der Waals surface area contributed by atoms with Gasteiger partial charge in [-0.3, -0.25) is 9.20 Å². The number of carbonyl (C=O) groups is 1. The first-order valence-electron chi connectivity index (χ1n) is 10.3. The fourth-order valence-electron chi connectivity index (χ4n) is 3.97. The van der Waals surface area contributed by atoms with E-state index in [1.54, 1.807) is 11.3 Å². The van der Waals surface area contributed by atoms with Gasteiger partial charge in [0.05, 0.1) is 10.6 Å². The SMILES string of the molecule is Cc1cc(C(=O)N2CCC(c3nc4ccccn4c3NC(C)(C)C)CC2)sc1C. The number of carbonyl (C=O) groups excluding carboxylic acids is 1. The number of amides is 1. The highest BCUT2D eigenvalue weighted by atomic mass is 32.1. The lowest BCUT2D eigenvalue weighted by molar-refractivity contribution is 0.0717. The molecule has 4 heterocycles. The van der Waals surface area contributed by atoms with Gasteiger partial charge in [0.25, 0.3) is 5.91 Å². The maximum Gasteiger partial charge on any atom is 0.263 e. The number of nitrogens with one attached hydrogen (secondary N) is 1. The first-order chi connectivity index (χ1) is 13.7. The van der Waals surface area contributed by atoms with Crippen molar-refractivity contribution in [3.8, 4) is 0 Å². The van der Waals surface area contributed by atoms with E-state index in [-0.39, 0.29) is 11.4 Å². The van der Waals surface area contributed by atoms with Crippen LogP contribution in [-0.2, 0) is 0 Å². The van der Waals surface area contributed by atoms with Gasteiger partial charge >= 0.3 is 0 Å². The van der Waals surface area contributed by atoms with Crippen molar-refractivity contribution < 1.29 is 4.79 Å². The third-order valence-corrected chi connectivity index (χ3v) is 6.74. The predicted octanol–water partition coefficient (Wildman–Crippen LogP) is 5.24. The Morgan fingerprint density at radius 2 is 1.93 bits per heavy atom. The molecule has 1 fully saturated rings. The minimum Gasteiger partial charge on any atom is -0.365 e. The molecular formula is C23H30N4OS. The zero-order valence-corrected chi connectivity index (χ0v) is 18.8. The molecule has 1 N–H and O–H groups in total. The van der Waals surface area contributed by atoms with Crippen molar-refractivity contribution in [1.29, 1.82) is 0 Å². The van der Waals surface area contributed by atoms with Crippen molar-refractivity contribution in [1.82, 2.24) is 14.3 Å². The quantitative estimate of drug-likeness (QED) is 0.642.